The van der Waals surface area contributed by atoms with Gasteiger partial charge >= 0.3 is 0 Å². The number of nitrogens with zero attached hydrogens (tertiary/aromatic N) is 3. The van der Waals surface area contributed by atoms with Gasteiger partial charge in [0.1, 0.15) is 5.75 Å². The zero-order chi connectivity index (χ0) is 27.5. The van der Waals surface area contributed by atoms with E-state index in [2.05, 4.69) is 25.3 Å². The Morgan fingerprint density at radius 3 is 2.73 bits per heavy atom. The van der Waals surface area contributed by atoms with Crippen LogP contribution < -0.4 is 20.1 Å². The van der Waals surface area contributed by atoms with Gasteiger partial charge in [-0.25, -0.2) is 23.4 Å². The van der Waals surface area contributed by atoms with E-state index in [-0.39, 0.29) is 11.8 Å². The fraction of sp³-hybridized carbons (Fsp3) is 0.367. The third-order valence-electron chi connectivity index (χ3n) is 7.50. The zero-order valence-electron chi connectivity index (χ0n) is 22.6. The molecule has 0 spiro atoms. The Kier molecular flexibility index (Phi) is 7.53. The summed E-state index contributed by atoms with van der Waals surface area (Å²) in [6.45, 7) is 3.89. The standard InChI is InChI=1S/C30H34N6O3S/c1-20-9-12-23-24(6-2-8-27(23)36-40(37,38)18-14-21-10-11-21)28(20)39-29-25(7-4-16-32-29)26-13-17-33-30(35-26)34-22-5-3-15-31-19-22/h2,4,6-9,12-13,16-17,21-22,31,36H,3,5,10-11,14-15,18-19H2,1H3,(H,33,34,35). The molecule has 0 bridgehead atoms. The second-order valence-corrected chi connectivity index (χ2v) is 12.5. The molecule has 3 N–H and O–H groups in total. The molecule has 1 saturated carbocycles. The molecule has 1 aliphatic carbocycles. The highest BCUT2D eigenvalue weighted by atomic mass is 32.2. The Balaban J connectivity index is 1.29. The molecule has 4 aromatic rings. The van der Waals surface area contributed by atoms with E-state index in [0.717, 1.165) is 60.7 Å². The Morgan fingerprint density at radius 1 is 1.00 bits per heavy atom. The van der Waals surface area contributed by atoms with E-state index < -0.39 is 10.0 Å². The lowest BCUT2D eigenvalue weighted by Gasteiger charge is -2.23. The first-order valence-electron chi connectivity index (χ1n) is 13.9. The van der Waals surface area contributed by atoms with Gasteiger partial charge < -0.3 is 15.4 Å². The van der Waals surface area contributed by atoms with Gasteiger partial charge in [-0.05, 0) is 68.5 Å². The van der Waals surface area contributed by atoms with Crippen LogP contribution in [0, 0.1) is 12.8 Å². The molecule has 6 rings (SSSR count). The van der Waals surface area contributed by atoms with Crippen molar-refractivity contribution in [3.63, 3.8) is 0 Å². The number of sulfonamides is 1. The molecule has 1 atom stereocenters. The van der Waals surface area contributed by atoms with Crippen molar-refractivity contribution in [2.45, 2.75) is 45.1 Å². The zero-order valence-corrected chi connectivity index (χ0v) is 23.4. The van der Waals surface area contributed by atoms with Gasteiger partial charge in [0.25, 0.3) is 0 Å². The molecule has 208 valence electrons. The van der Waals surface area contributed by atoms with E-state index >= 15 is 0 Å². The summed E-state index contributed by atoms with van der Waals surface area (Å²) in [5.41, 5.74) is 2.89. The van der Waals surface area contributed by atoms with Crippen LogP contribution in [0.1, 0.15) is 37.7 Å². The third kappa shape index (κ3) is 6.18. The van der Waals surface area contributed by atoms with Gasteiger partial charge in [-0.2, -0.15) is 0 Å². The molecule has 2 aromatic carbocycles. The van der Waals surface area contributed by atoms with Crippen LogP contribution in [0.2, 0.25) is 0 Å². The van der Waals surface area contributed by atoms with Crippen molar-refractivity contribution in [1.82, 2.24) is 20.3 Å². The molecule has 2 fully saturated rings. The van der Waals surface area contributed by atoms with Crippen LogP contribution in [0.5, 0.6) is 11.6 Å². The maximum atomic E-state index is 12.8. The summed E-state index contributed by atoms with van der Waals surface area (Å²) < 4.78 is 34.9. The minimum atomic E-state index is -3.45. The van der Waals surface area contributed by atoms with Crippen LogP contribution in [0.25, 0.3) is 22.0 Å². The largest absolute Gasteiger partial charge is 0.437 e. The Hall–Kier alpha value is -3.76. The number of nitrogens with one attached hydrogen (secondary N) is 3. The van der Waals surface area contributed by atoms with Crippen molar-refractivity contribution >= 4 is 32.4 Å². The Bertz CT molecular complexity index is 1620. The van der Waals surface area contributed by atoms with Crippen molar-refractivity contribution < 1.29 is 13.2 Å². The van der Waals surface area contributed by atoms with Crippen LogP contribution >= 0.6 is 0 Å². The molecule has 2 aromatic heterocycles. The summed E-state index contributed by atoms with van der Waals surface area (Å²) in [7, 11) is -3.45. The van der Waals surface area contributed by atoms with Gasteiger partial charge in [0.15, 0.2) is 0 Å². The second-order valence-electron chi connectivity index (χ2n) is 10.7. The lowest BCUT2D eigenvalue weighted by molar-refractivity contribution is 0.466. The van der Waals surface area contributed by atoms with Crippen molar-refractivity contribution in [3.8, 4) is 22.9 Å². The van der Waals surface area contributed by atoms with Crippen LogP contribution in [0.3, 0.4) is 0 Å². The Morgan fingerprint density at radius 2 is 1.90 bits per heavy atom. The van der Waals surface area contributed by atoms with Crippen molar-refractivity contribution in [1.29, 1.82) is 0 Å². The minimum absolute atomic E-state index is 0.133. The van der Waals surface area contributed by atoms with E-state index in [0.29, 0.717) is 41.3 Å². The van der Waals surface area contributed by atoms with Crippen LogP contribution in [-0.4, -0.2) is 48.3 Å². The molecular formula is C30H34N6O3S. The average Bonchev–Trinajstić information content (AvgIpc) is 3.79. The summed E-state index contributed by atoms with van der Waals surface area (Å²) in [4.78, 5) is 13.7. The molecular weight excluding hydrogens is 524 g/mol. The number of ether oxygens (including phenoxy) is 1. The summed E-state index contributed by atoms with van der Waals surface area (Å²) in [5, 5.41) is 8.40. The number of hydrogen-bond acceptors (Lipinski definition) is 8. The normalized spacial score (nSPS) is 17.5. The summed E-state index contributed by atoms with van der Waals surface area (Å²) in [6.07, 6.45) is 8.57. The van der Waals surface area contributed by atoms with E-state index in [9.17, 15) is 8.42 Å². The first-order chi connectivity index (χ1) is 19.4. The summed E-state index contributed by atoms with van der Waals surface area (Å²) in [6, 6.07) is 15.3. The summed E-state index contributed by atoms with van der Waals surface area (Å²) in [5.74, 6) is 2.29. The van der Waals surface area contributed by atoms with E-state index in [1.165, 1.54) is 0 Å². The number of benzene rings is 2. The van der Waals surface area contributed by atoms with Crippen molar-refractivity contribution in [2.24, 2.45) is 5.92 Å². The molecule has 0 amide bonds. The number of pyridine rings is 1. The molecule has 3 heterocycles. The molecule has 0 radical (unpaired) electrons. The maximum Gasteiger partial charge on any atom is 0.232 e. The van der Waals surface area contributed by atoms with Gasteiger partial charge in [-0.3, -0.25) is 4.72 Å². The predicted octanol–water partition coefficient (Wildman–Crippen LogP) is 5.50. The highest BCUT2D eigenvalue weighted by Gasteiger charge is 2.24. The first kappa shape index (κ1) is 26.5. The van der Waals surface area contributed by atoms with E-state index in [1.54, 1.807) is 18.5 Å². The van der Waals surface area contributed by atoms with Crippen molar-refractivity contribution in [3.05, 3.63) is 66.5 Å². The van der Waals surface area contributed by atoms with Gasteiger partial charge in [0.2, 0.25) is 21.9 Å². The Labute approximate surface area is 234 Å². The minimum Gasteiger partial charge on any atom is -0.437 e. The number of anilines is 2. The number of piperidine rings is 1. The highest BCUT2D eigenvalue weighted by molar-refractivity contribution is 7.92. The SMILES string of the molecule is Cc1ccc2c(NS(=O)(=O)CCC3CC3)cccc2c1Oc1ncccc1-c1ccnc(NC2CCCNC2)n1. The van der Waals surface area contributed by atoms with Gasteiger partial charge in [-0.1, -0.05) is 37.1 Å². The van der Waals surface area contributed by atoms with Crippen LogP contribution in [-0.2, 0) is 10.0 Å². The molecule has 10 heteroatoms. The number of aryl methyl sites for hydroxylation is 1. The fourth-order valence-corrected chi connectivity index (χ4v) is 6.37. The third-order valence-corrected chi connectivity index (χ3v) is 8.80. The second kappa shape index (κ2) is 11.4. The van der Waals surface area contributed by atoms with Crippen molar-refractivity contribution in [2.75, 3.05) is 28.9 Å². The lowest BCUT2D eigenvalue weighted by Crippen LogP contribution is -2.38. The molecule has 2 aliphatic rings. The average molecular weight is 559 g/mol. The number of hydrogen-bond donors (Lipinski definition) is 3. The van der Waals surface area contributed by atoms with Gasteiger partial charge in [0, 0.05) is 35.8 Å². The molecule has 40 heavy (non-hydrogen) atoms. The predicted molar refractivity (Wildman–Crippen MR) is 158 cm³/mol. The molecule has 9 nitrogen and oxygen atoms in total. The quantitative estimate of drug-likeness (QED) is 0.234. The topological polar surface area (TPSA) is 118 Å². The monoisotopic (exact) mass is 558 g/mol. The first-order valence-corrected chi connectivity index (χ1v) is 15.6. The molecule has 1 unspecified atom stereocenters. The lowest BCUT2D eigenvalue weighted by atomic mass is 10.0. The molecule has 1 aliphatic heterocycles. The maximum absolute atomic E-state index is 12.8. The fourth-order valence-electron chi connectivity index (χ4n) is 5.11. The number of rotatable bonds is 10. The van der Waals surface area contributed by atoms with Crippen LogP contribution in [0.4, 0.5) is 11.6 Å². The summed E-state index contributed by atoms with van der Waals surface area (Å²) >= 11 is 0. The number of aromatic nitrogens is 3. The molecule has 1 saturated heterocycles. The van der Waals surface area contributed by atoms with Gasteiger partial charge in [-0.15, -0.1) is 0 Å². The van der Waals surface area contributed by atoms with Gasteiger partial charge in [0.05, 0.1) is 22.7 Å². The highest BCUT2D eigenvalue weighted by Crippen LogP contribution is 2.39. The van der Waals surface area contributed by atoms with Crippen LogP contribution in [0.15, 0.2) is 60.9 Å². The van der Waals surface area contributed by atoms with E-state index in [1.807, 2.05) is 49.4 Å². The van der Waals surface area contributed by atoms with E-state index in [4.69, 9.17) is 9.72 Å². The number of fused-ring (bicyclic) bond motifs is 1. The smallest absolute Gasteiger partial charge is 0.232 e.